The highest BCUT2D eigenvalue weighted by Crippen LogP contribution is 2.19. The second-order valence-electron chi connectivity index (χ2n) is 3.64. The van der Waals surface area contributed by atoms with Gasteiger partial charge in [0.25, 0.3) is 5.91 Å². The lowest BCUT2D eigenvalue weighted by Crippen LogP contribution is -2.28. The van der Waals surface area contributed by atoms with E-state index in [0.717, 1.165) is 16.4 Å². The maximum Gasteiger partial charge on any atom is 0.271 e. The van der Waals surface area contributed by atoms with E-state index in [2.05, 4.69) is 15.3 Å². The summed E-state index contributed by atoms with van der Waals surface area (Å²) in [5.41, 5.74) is 5.90. The van der Waals surface area contributed by atoms with Gasteiger partial charge in [-0.2, -0.15) is 0 Å². The van der Waals surface area contributed by atoms with E-state index in [1.165, 1.54) is 22.7 Å². The van der Waals surface area contributed by atoms with Gasteiger partial charge < -0.3 is 11.1 Å². The summed E-state index contributed by atoms with van der Waals surface area (Å²) in [5.74, 6) is -0.173. The van der Waals surface area contributed by atoms with Gasteiger partial charge in [0.2, 0.25) is 0 Å². The van der Waals surface area contributed by atoms with Crippen LogP contribution in [0.2, 0.25) is 0 Å². The first-order valence-corrected chi connectivity index (χ1v) is 7.35. The lowest BCUT2D eigenvalue weighted by atomic mass is 10.2. The number of rotatable bonds is 5. The van der Waals surface area contributed by atoms with Crippen molar-refractivity contribution < 1.29 is 4.79 Å². The van der Waals surface area contributed by atoms with Gasteiger partial charge in [-0.15, -0.1) is 22.7 Å². The van der Waals surface area contributed by atoms with Crippen LogP contribution < -0.4 is 11.1 Å². The van der Waals surface area contributed by atoms with E-state index in [-0.39, 0.29) is 11.9 Å². The maximum atomic E-state index is 12.0. The third-order valence-corrected chi connectivity index (χ3v) is 4.18. The number of amides is 1. The van der Waals surface area contributed by atoms with Gasteiger partial charge in [0, 0.05) is 23.5 Å². The van der Waals surface area contributed by atoms with Gasteiger partial charge >= 0.3 is 0 Å². The van der Waals surface area contributed by atoms with Crippen LogP contribution in [-0.2, 0) is 6.54 Å². The van der Waals surface area contributed by atoms with Crippen molar-refractivity contribution in [3.8, 4) is 0 Å². The monoisotopic (exact) mass is 282 g/mol. The Morgan fingerprint density at radius 1 is 1.56 bits per heavy atom. The Kier molecular flexibility index (Phi) is 4.40. The van der Waals surface area contributed by atoms with Gasteiger partial charge in [0.15, 0.2) is 0 Å². The molecular weight excluding hydrogens is 268 g/mol. The van der Waals surface area contributed by atoms with Crippen LogP contribution in [0, 0.1) is 0 Å². The van der Waals surface area contributed by atoms with E-state index < -0.39 is 0 Å². The van der Waals surface area contributed by atoms with Crippen molar-refractivity contribution in [1.29, 1.82) is 0 Å². The van der Waals surface area contributed by atoms with Crippen molar-refractivity contribution in [2.24, 2.45) is 5.73 Å². The summed E-state index contributed by atoms with van der Waals surface area (Å²) in [7, 11) is 0. The SMILES string of the molecule is CCC(NC(=O)c1csc(CN)n1)c1nccs1. The van der Waals surface area contributed by atoms with Crippen molar-refractivity contribution in [2.75, 3.05) is 0 Å². The van der Waals surface area contributed by atoms with Gasteiger partial charge in [-0.05, 0) is 6.42 Å². The number of nitrogens with one attached hydrogen (secondary N) is 1. The van der Waals surface area contributed by atoms with Crippen LogP contribution >= 0.6 is 22.7 Å². The van der Waals surface area contributed by atoms with Gasteiger partial charge in [-0.1, -0.05) is 6.92 Å². The molecule has 0 saturated carbocycles. The molecule has 0 saturated heterocycles. The average Bonchev–Trinajstić information content (AvgIpc) is 3.05. The second-order valence-corrected chi connectivity index (χ2v) is 5.50. The Morgan fingerprint density at radius 2 is 2.39 bits per heavy atom. The summed E-state index contributed by atoms with van der Waals surface area (Å²) in [6.45, 7) is 2.38. The summed E-state index contributed by atoms with van der Waals surface area (Å²) in [6, 6.07) is -0.0551. The van der Waals surface area contributed by atoms with Crippen LogP contribution in [0.15, 0.2) is 17.0 Å². The number of hydrogen-bond donors (Lipinski definition) is 2. The second kappa shape index (κ2) is 6.03. The minimum absolute atomic E-state index is 0.0551. The summed E-state index contributed by atoms with van der Waals surface area (Å²) in [4.78, 5) is 20.4. The zero-order valence-electron chi connectivity index (χ0n) is 9.92. The zero-order chi connectivity index (χ0) is 13.0. The Hall–Kier alpha value is -1.31. The quantitative estimate of drug-likeness (QED) is 0.878. The predicted octanol–water partition coefficient (Wildman–Crippen LogP) is 1.94. The normalized spacial score (nSPS) is 12.3. The summed E-state index contributed by atoms with van der Waals surface area (Å²) < 4.78 is 0. The zero-order valence-corrected chi connectivity index (χ0v) is 11.6. The highest BCUT2D eigenvalue weighted by Gasteiger charge is 2.17. The molecule has 3 N–H and O–H groups in total. The molecule has 2 rings (SSSR count). The van der Waals surface area contributed by atoms with E-state index in [0.29, 0.717) is 12.2 Å². The number of nitrogens with two attached hydrogens (primary N) is 1. The van der Waals surface area contributed by atoms with Gasteiger partial charge in [0.1, 0.15) is 15.7 Å². The molecule has 0 aliphatic heterocycles. The van der Waals surface area contributed by atoms with Crippen molar-refractivity contribution in [1.82, 2.24) is 15.3 Å². The Balaban J connectivity index is 2.06. The van der Waals surface area contributed by atoms with E-state index in [1.807, 2.05) is 12.3 Å². The molecule has 0 aliphatic carbocycles. The van der Waals surface area contributed by atoms with Crippen molar-refractivity contribution in [3.05, 3.63) is 32.7 Å². The topological polar surface area (TPSA) is 80.9 Å². The van der Waals surface area contributed by atoms with E-state index >= 15 is 0 Å². The van der Waals surface area contributed by atoms with E-state index in [4.69, 9.17) is 5.73 Å². The molecule has 0 fully saturated rings. The molecule has 0 bridgehead atoms. The fraction of sp³-hybridized carbons (Fsp3) is 0.364. The van der Waals surface area contributed by atoms with Crippen molar-refractivity contribution >= 4 is 28.6 Å². The Labute approximate surface area is 113 Å². The number of nitrogens with zero attached hydrogens (tertiary/aromatic N) is 2. The largest absolute Gasteiger partial charge is 0.341 e. The van der Waals surface area contributed by atoms with Crippen molar-refractivity contribution in [3.63, 3.8) is 0 Å². The lowest BCUT2D eigenvalue weighted by Gasteiger charge is -2.13. The summed E-state index contributed by atoms with van der Waals surface area (Å²) in [6.07, 6.45) is 2.54. The molecule has 0 aliphatic rings. The fourth-order valence-corrected chi connectivity index (χ4v) is 2.91. The first-order chi connectivity index (χ1) is 8.74. The molecule has 18 heavy (non-hydrogen) atoms. The maximum absolute atomic E-state index is 12.0. The Bertz CT molecular complexity index is 509. The van der Waals surface area contributed by atoms with Crippen LogP contribution in [0.25, 0.3) is 0 Å². The molecule has 1 atom stereocenters. The molecule has 5 nitrogen and oxygen atoms in total. The molecule has 2 heterocycles. The number of aromatic nitrogens is 2. The standard InChI is InChI=1S/C11H14N4OS2/c1-2-7(11-13-3-4-17-11)15-10(16)8-6-18-9(5-12)14-8/h3-4,6-7H,2,5,12H2,1H3,(H,15,16). The molecule has 96 valence electrons. The van der Waals surface area contributed by atoms with Crippen LogP contribution in [0.3, 0.4) is 0 Å². The van der Waals surface area contributed by atoms with Gasteiger partial charge in [-0.3, -0.25) is 4.79 Å². The number of thiazole rings is 2. The summed E-state index contributed by atoms with van der Waals surface area (Å²) in [5, 5.41) is 8.25. The smallest absolute Gasteiger partial charge is 0.271 e. The predicted molar refractivity (Wildman–Crippen MR) is 72.6 cm³/mol. The Morgan fingerprint density at radius 3 is 2.94 bits per heavy atom. The highest BCUT2D eigenvalue weighted by molar-refractivity contribution is 7.10. The molecule has 1 unspecified atom stereocenters. The third kappa shape index (κ3) is 2.92. The first-order valence-electron chi connectivity index (χ1n) is 5.59. The first kappa shape index (κ1) is 13.1. The van der Waals surface area contributed by atoms with E-state index in [9.17, 15) is 4.79 Å². The molecule has 0 spiro atoms. The van der Waals surface area contributed by atoms with Crippen molar-refractivity contribution in [2.45, 2.75) is 25.9 Å². The average molecular weight is 282 g/mol. The number of carbonyl (C=O) groups is 1. The minimum atomic E-state index is -0.173. The number of hydrogen-bond acceptors (Lipinski definition) is 6. The van der Waals surface area contributed by atoms with Crippen LogP contribution in [0.5, 0.6) is 0 Å². The highest BCUT2D eigenvalue weighted by atomic mass is 32.1. The third-order valence-electron chi connectivity index (χ3n) is 2.42. The number of carbonyl (C=O) groups excluding carboxylic acids is 1. The molecule has 0 radical (unpaired) electrons. The molecule has 1 amide bonds. The van der Waals surface area contributed by atoms with Crippen LogP contribution in [0.1, 0.15) is 39.9 Å². The summed E-state index contributed by atoms with van der Waals surface area (Å²) >= 11 is 2.94. The van der Waals surface area contributed by atoms with Gasteiger partial charge in [-0.25, -0.2) is 9.97 Å². The molecular formula is C11H14N4OS2. The molecule has 2 aromatic rings. The fourth-order valence-electron chi connectivity index (χ4n) is 1.49. The molecule has 7 heteroatoms. The molecule has 0 aromatic carbocycles. The minimum Gasteiger partial charge on any atom is -0.341 e. The van der Waals surface area contributed by atoms with Crippen LogP contribution in [-0.4, -0.2) is 15.9 Å². The van der Waals surface area contributed by atoms with Crippen LogP contribution in [0.4, 0.5) is 0 Å². The van der Waals surface area contributed by atoms with E-state index in [1.54, 1.807) is 11.6 Å². The molecule has 2 aromatic heterocycles. The van der Waals surface area contributed by atoms with Gasteiger partial charge in [0.05, 0.1) is 6.04 Å². The lowest BCUT2D eigenvalue weighted by molar-refractivity contribution is 0.0931.